The fraction of sp³-hybridized carbons (Fsp3) is 0.583. The Kier molecular flexibility index (Phi) is 5.40. The van der Waals surface area contributed by atoms with Gasteiger partial charge < -0.3 is 5.32 Å². The molecule has 6 heteroatoms. The normalized spacial score (nSPS) is 11.9. The maximum atomic E-state index is 12.3. The minimum Gasteiger partial charge on any atom is -0.370 e. The first-order valence-corrected chi connectivity index (χ1v) is 5.93. The molecule has 0 atom stereocenters. The number of rotatable bonds is 6. The van der Waals surface area contributed by atoms with Crippen LogP contribution in [-0.2, 0) is 6.54 Å². The lowest BCUT2D eigenvalue weighted by Gasteiger charge is -2.21. The van der Waals surface area contributed by atoms with E-state index < -0.39 is 12.7 Å². The van der Waals surface area contributed by atoms with Crippen LogP contribution in [0.3, 0.4) is 0 Å². The van der Waals surface area contributed by atoms with E-state index in [0.717, 1.165) is 6.54 Å². The van der Waals surface area contributed by atoms with Gasteiger partial charge in [-0.15, -0.1) is 0 Å². The molecule has 0 aromatic carbocycles. The molecule has 102 valence electrons. The average molecular weight is 261 g/mol. The predicted octanol–water partition coefficient (Wildman–Crippen LogP) is 2.90. The van der Waals surface area contributed by atoms with Crippen molar-refractivity contribution in [3.63, 3.8) is 0 Å². The molecule has 1 rings (SSSR count). The van der Waals surface area contributed by atoms with Gasteiger partial charge in [-0.3, -0.25) is 4.90 Å². The van der Waals surface area contributed by atoms with E-state index in [0.29, 0.717) is 18.1 Å². The van der Waals surface area contributed by atoms with Gasteiger partial charge in [0.15, 0.2) is 0 Å². The summed E-state index contributed by atoms with van der Waals surface area (Å²) >= 11 is 0. The molecule has 0 bridgehead atoms. The maximum absolute atomic E-state index is 12.3. The Morgan fingerprint density at radius 2 is 2.00 bits per heavy atom. The minimum atomic E-state index is -4.17. The van der Waals surface area contributed by atoms with Crippen molar-refractivity contribution in [2.24, 2.45) is 0 Å². The topological polar surface area (TPSA) is 28.2 Å². The minimum absolute atomic E-state index is 0.204. The van der Waals surface area contributed by atoms with E-state index in [1.54, 1.807) is 25.1 Å². The molecule has 0 radical (unpaired) electrons. The monoisotopic (exact) mass is 261 g/mol. The Bertz CT molecular complexity index is 366. The average Bonchev–Trinajstić information content (AvgIpc) is 2.27. The quantitative estimate of drug-likeness (QED) is 0.853. The van der Waals surface area contributed by atoms with Crippen molar-refractivity contribution in [1.82, 2.24) is 9.88 Å². The van der Waals surface area contributed by atoms with Crippen LogP contribution in [0.25, 0.3) is 0 Å². The van der Waals surface area contributed by atoms with Gasteiger partial charge in [-0.25, -0.2) is 4.98 Å². The number of aromatic nitrogens is 1. The fourth-order valence-corrected chi connectivity index (χ4v) is 1.61. The first kappa shape index (κ1) is 14.8. The van der Waals surface area contributed by atoms with Gasteiger partial charge >= 0.3 is 6.18 Å². The van der Waals surface area contributed by atoms with Crippen molar-refractivity contribution >= 4 is 5.82 Å². The zero-order chi connectivity index (χ0) is 13.6. The van der Waals surface area contributed by atoms with Crippen LogP contribution in [0.2, 0.25) is 0 Å². The molecule has 18 heavy (non-hydrogen) atoms. The molecule has 0 fully saturated rings. The Balaban J connectivity index is 2.66. The van der Waals surface area contributed by atoms with Crippen molar-refractivity contribution in [1.29, 1.82) is 0 Å². The molecule has 0 aliphatic rings. The molecule has 0 saturated carbocycles. The molecule has 0 aliphatic heterocycles. The van der Waals surface area contributed by atoms with E-state index in [-0.39, 0.29) is 6.54 Å². The number of nitrogens with one attached hydrogen (secondary N) is 1. The maximum Gasteiger partial charge on any atom is 0.401 e. The van der Waals surface area contributed by atoms with Crippen LogP contribution in [0.4, 0.5) is 19.0 Å². The van der Waals surface area contributed by atoms with Gasteiger partial charge in [0, 0.05) is 13.1 Å². The van der Waals surface area contributed by atoms with Gasteiger partial charge in [0.05, 0.1) is 12.2 Å². The van der Waals surface area contributed by atoms with E-state index in [9.17, 15) is 13.2 Å². The highest BCUT2D eigenvalue weighted by Gasteiger charge is 2.30. The van der Waals surface area contributed by atoms with Crippen molar-refractivity contribution in [2.45, 2.75) is 26.6 Å². The van der Waals surface area contributed by atoms with Crippen LogP contribution < -0.4 is 5.32 Å². The summed E-state index contributed by atoms with van der Waals surface area (Å²) in [5, 5.41) is 3.04. The van der Waals surface area contributed by atoms with Crippen LogP contribution >= 0.6 is 0 Å². The van der Waals surface area contributed by atoms with E-state index >= 15 is 0 Å². The van der Waals surface area contributed by atoms with Crippen LogP contribution in [0.15, 0.2) is 18.2 Å². The molecule has 0 saturated heterocycles. The Morgan fingerprint density at radius 1 is 1.28 bits per heavy atom. The third-order valence-corrected chi connectivity index (χ3v) is 2.40. The number of hydrogen-bond donors (Lipinski definition) is 1. The van der Waals surface area contributed by atoms with Crippen molar-refractivity contribution in [3.05, 3.63) is 23.9 Å². The van der Waals surface area contributed by atoms with Gasteiger partial charge in [0.1, 0.15) is 5.82 Å². The summed E-state index contributed by atoms with van der Waals surface area (Å²) in [4.78, 5) is 5.58. The molecule has 1 aromatic heterocycles. The van der Waals surface area contributed by atoms with Crippen molar-refractivity contribution in [2.75, 3.05) is 25.0 Å². The molecule has 0 unspecified atom stereocenters. The van der Waals surface area contributed by atoms with E-state index in [1.807, 2.05) is 6.92 Å². The predicted molar refractivity (Wildman–Crippen MR) is 65.4 cm³/mol. The van der Waals surface area contributed by atoms with Gasteiger partial charge in [-0.05, 0) is 25.6 Å². The lowest BCUT2D eigenvalue weighted by atomic mass is 10.3. The molecule has 0 aliphatic carbocycles. The first-order valence-electron chi connectivity index (χ1n) is 5.93. The summed E-state index contributed by atoms with van der Waals surface area (Å²) < 4.78 is 37.0. The van der Waals surface area contributed by atoms with Crippen molar-refractivity contribution < 1.29 is 13.2 Å². The smallest absolute Gasteiger partial charge is 0.370 e. The molecule has 0 amide bonds. The van der Waals surface area contributed by atoms with Gasteiger partial charge in [0.25, 0.3) is 0 Å². The highest BCUT2D eigenvalue weighted by Crippen LogP contribution is 2.17. The highest BCUT2D eigenvalue weighted by atomic mass is 19.4. The number of nitrogens with zero attached hydrogens (tertiary/aromatic N) is 2. The Morgan fingerprint density at radius 3 is 2.56 bits per heavy atom. The second kappa shape index (κ2) is 6.58. The highest BCUT2D eigenvalue weighted by molar-refractivity contribution is 5.34. The standard InChI is InChI=1S/C12H18F3N3/c1-3-16-11-7-5-6-10(17-11)8-18(4-2)9-12(13,14)15/h5-7H,3-4,8-9H2,1-2H3,(H,16,17). The molecule has 1 N–H and O–H groups in total. The third kappa shape index (κ3) is 5.35. The van der Waals surface area contributed by atoms with Crippen molar-refractivity contribution in [3.8, 4) is 0 Å². The molecule has 1 heterocycles. The SMILES string of the molecule is CCNc1cccc(CN(CC)CC(F)(F)F)n1. The molecular formula is C12H18F3N3. The van der Waals surface area contributed by atoms with Gasteiger partial charge in [0.2, 0.25) is 0 Å². The van der Waals surface area contributed by atoms with Gasteiger partial charge in [-0.1, -0.05) is 13.0 Å². The number of hydrogen-bond acceptors (Lipinski definition) is 3. The second-order valence-electron chi connectivity index (χ2n) is 3.96. The van der Waals surface area contributed by atoms with E-state index in [1.165, 1.54) is 4.90 Å². The fourth-order valence-electron chi connectivity index (χ4n) is 1.61. The zero-order valence-corrected chi connectivity index (χ0v) is 10.6. The van der Waals surface area contributed by atoms with Crippen LogP contribution in [0.1, 0.15) is 19.5 Å². The van der Waals surface area contributed by atoms with Gasteiger partial charge in [-0.2, -0.15) is 13.2 Å². The summed E-state index contributed by atoms with van der Waals surface area (Å²) in [6.07, 6.45) is -4.17. The molecule has 1 aromatic rings. The van der Waals surface area contributed by atoms with E-state index in [2.05, 4.69) is 10.3 Å². The summed E-state index contributed by atoms with van der Waals surface area (Å²) in [5.41, 5.74) is 0.638. The third-order valence-electron chi connectivity index (χ3n) is 2.40. The summed E-state index contributed by atoms with van der Waals surface area (Å²) in [6, 6.07) is 5.33. The number of alkyl halides is 3. The van der Waals surface area contributed by atoms with E-state index in [4.69, 9.17) is 0 Å². The summed E-state index contributed by atoms with van der Waals surface area (Å²) in [5.74, 6) is 0.693. The number of pyridine rings is 1. The molecule has 0 spiro atoms. The lowest BCUT2D eigenvalue weighted by Crippen LogP contribution is -2.33. The van der Waals surface area contributed by atoms with Crippen LogP contribution in [0.5, 0.6) is 0 Å². The molecular weight excluding hydrogens is 243 g/mol. The zero-order valence-electron chi connectivity index (χ0n) is 10.6. The lowest BCUT2D eigenvalue weighted by molar-refractivity contribution is -0.146. The van der Waals surface area contributed by atoms with Crippen LogP contribution in [0, 0.1) is 0 Å². The summed E-state index contributed by atoms with van der Waals surface area (Å²) in [7, 11) is 0. The summed E-state index contributed by atoms with van der Waals surface area (Å²) in [6.45, 7) is 4.02. The number of halogens is 3. The molecule has 3 nitrogen and oxygen atoms in total. The first-order chi connectivity index (χ1) is 8.44. The Hall–Kier alpha value is -1.30. The largest absolute Gasteiger partial charge is 0.401 e. The Labute approximate surface area is 105 Å². The number of anilines is 1. The second-order valence-corrected chi connectivity index (χ2v) is 3.96. The van der Waals surface area contributed by atoms with Crippen LogP contribution in [-0.4, -0.2) is 35.7 Å².